The van der Waals surface area contributed by atoms with Gasteiger partial charge in [0.25, 0.3) is 0 Å². The van der Waals surface area contributed by atoms with E-state index >= 15 is 0 Å². The van der Waals surface area contributed by atoms with Crippen molar-refractivity contribution in [1.29, 1.82) is 0 Å². The van der Waals surface area contributed by atoms with Crippen LogP contribution in [0.15, 0.2) is 22.6 Å². The quantitative estimate of drug-likeness (QED) is 0.767. The van der Waals surface area contributed by atoms with Crippen molar-refractivity contribution >= 4 is 17.6 Å². The monoisotopic (exact) mass is 375 g/mol. The number of methoxy groups -OCH3 is 2. The molecule has 0 aliphatic carbocycles. The molecule has 1 N–H and O–H groups in total. The van der Waals surface area contributed by atoms with E-state index in [4.69, 9.17) is 13.9 Å². The third-order valence-electron chi connectivity index (χ3n) is 4.11. The molecule has 1 fully saturated rings. The molecule has 1 aliphatic rings. The van der Waals surface area contributed by atoms with E-state index in [0.29, 0.717) is 42.1 Å². The van der Waals surface area contributed by atoms with Gasteiger partial charge in [-0.1, -0.05) is 0 Å². The molecular weight excluding hydrogens is 354 g/mol. The second-order valence-corrected chi connectivity index (χ2v) is 5.89. The number of amides is 3. The minimum atomic E-state index is -0.298. The van der Waals surface area contributed by atoms with Crippen molar-refractivity contribution < 1.29 is 23.5 Å². The smallest absolute Gasteiger partial charge is 0.325 e. The molecule has 10 nitrogen and oxygen atoms in total. The number of carbonyl (C=O) groups excluding carboxylic acids is 2. The molecule has 144 valence electrons. The fourth-order valence-electron chi connectivity index (χ4n) is 2.77. The highest BCUT2D eigenvalue weighted by Crippen LogP contribution is 2.32. The van der Waals surface area contributed by atoms with E-state index in [0.717, 1.165) is 0 Å². The molecule has 0 atom stereocenters. The summed E-state index contributed by atoms with van der Waals surface area (Å²) in [5, 5.41) is 10.2. The molecule has 1 aromatic carbocycles. The summed E-state index contributed by atoms with van der Waals surface area (Å²) in [4.78, 5) is 27.8. The van der Waals surface area contributed by atoms with Gasteiger partial charge < -0.3 is 24.1 Å². The number of nitrogens with zero attached hydrogens (tertiary/aromatic N) is 4. The summed E-state index contributed by atoms with van der Waals surface area (Å²) in [5.41, 5.74) is 0.682. The maximum atomic E-state index is 12.6. The van der Waals surface area contributed by atoms with Crippen LogP contribution in [0, 0.1) is 6.92 Å². The van der Waals surface area contributed by atoms with Gasteiger partial charge in [-0.05, 0) is 12.1 Å². The minimum absolute atomic E-state index is 0.0459. The number of aryl methyl sites for hydroxylation is 1. The largest absolute Gasteiger partial charge is 0.493 e. The Morgan fingerprint density at radius 2 is 2.00 bits per heavy atom. The molecule has 0 unspecified atom stereocenters. The van der Waals surface area contributed by atoms with Gasteiger partial charge in [0.15, 0.2) is 11.5 Å². The number of hydrogen-bond donors (Lipinski definition) is 1. The zero-order chi connectivity index (χ0) is 19.4. The summed E-state index contributed by atoms with van der Waals surface area (Å²) in [5.74, 6) is 1.57. The van der Waals surface area contributed by atoms with Crippen molar-refractivity contribution in [3.63, 3.8) is 0 Å². The standard InChI is InChI=1S/C17H21N5O5/c1-11-19-20-16(27-11)9-18-15(23)10-21-6-7-22(17(21)24)12-4-5-13(25-2)14(8-12)26-3/h4-5,8H,6-7,9-10H2,1-3H3,(H,18,23). The Hall–Kier alpha value is -3.30. The zero-order valence-electron chi connectivity index (χ0n) is 15.4. The first-order valence-electron chi connectivity index (χ1n) is 8.36. The Morgan fingerprint density at radius 1 is 1.22 bits per heavy atom. The molecule has 1 aromatic heterocycles. The molecule has 10 heteroatoms. The lowest BCUT2D eigenvalue weighted by Gasteiger charge is -2.19. The van der Waals surface area contributed by atoms with Gasteiger partial charge in [0.05, 0.1) is 20.8 Å². The highest BCUT2D eigenvalue weighted by molar-refractivity contribution is 5.96. The summed E-state index contributed by atoms with van der Waals surface area (Å²) in [6.07, 6.45) is 0. The number of aromatic nitrogens is 2. The summed E-state index contributed by atoms with van der Waals surface area (Å²) < 4.78 is 15.7. The molecule has 0 radical (unpaired) electrons. The maximum Gasteiger partial charge on any atom is 0.325 e. The lowest BCUT2D eigenvalue weighted by atomic mass is 10.2. The fourth-order valence-corrected chi connectivity index (χ4v) is 2.77. The third kappa shape index (κ3) is 4.10. The van der Waals surface area contributed by atoms with Crippen molar-refractivity contribution in [1.82, 2.24) is 20.4 Å². The number of hydrogen-bond acceptors (Lipinski definition) is 7. The summed E-state index contributed by atoms with van der Waals surface area (Å²) in [6.45, 7) is 2.67. The van der Waals surface area contributed by atoms with E-state index in [1.54, 1.807) is 37.1 Å². The molecule has 0 spiro atoms. The molecule has 0 bridgehead atoms. The van der Waals surface area contributed by atoms with Crippen LogP contribution in [0.2, 0.25) is 0 Å². The van der Waals surface area contributed by atoms with Gasteiger partial charge in [0.2, 0.25) is 17.7 Å². The molecule has 2 aromatic rings. The average molecular weight is 375 g/mol. The van der Waals surface area contributed by atoms with Crippen LogP contribution in [-0.4, -0.2) is 60.9 Å². The molecule has 1 aliphatic heterocycles. The van der Waals surface area contributed by atoms with E-state index in [9.17, 15) is 9.59 Å². The average Bonchev–Trinajstić information content (AvgIpc) is 3.25. The molecule has 1 saturated heterocycles. The lowest BCUT2D eigenvalue weighted by Crippen LogP contribution is -2.39. The number of benzene rings is 1. The van der Waals surface area contributed by atoms with Crippen molar-refractivity contribution in [2.45, 2.75) is 13.5 Å². The second-order valence-electron chi connectivity index (χ2n) is 5.89. The Morgan fingerprint density at radius 3 is 2.67 bits per heavy atom. The Kier molecular flexibility index (Phi) is 5.43. The topological polar surface area (TPSA) is 110 Å². The number of ether oxygens (including phenoxy) is 2. The van der Waals surface area contributed by atoms with E-state index in [2.05, 4.69) is 15.5 Å². The minimum Gasteiger partial charge on any atom is -0.493 e. The van der Waals surface area contributed by atoms with E-state index in [1.807, 2.05) is 0 Å². The molecule has 3 amide bonds. The fraction of sp³-hybridized carbons (Fsp3) is 0.412. The maximum absolute atomic E-state index is 12.6. The van der Waals surface area contributed by atoms with Crippen molar-refractivity contribution in [2.24, 2.45) is 0 Å². The van der Waals surface area contributed by atoms with Gasteiger partial charge in [0, 0.05) is 31.8 Å². The van der Waals surface area contributed by atoms with Gasteiger partial charge >= 0.3 is 6.03 Å². The number of carbonyl (C=O) groups is 2. The summed E-state index contributed by atoms with van der Waals surface area (Å²) >= 11 is 0. The first kappa shape index (κ1) is 18.5. The third-order valence-corrected chi connectivity index (χ3v) is 4.11. The molecular formula is C17H21N5O5. The Balaban J connectivity index is 1.58. The van der Waals surface area contributed by atoms with Crippen LogP contribution in [0.1, 0.15) is 11.8 Å². The van der Waals surface area contributed by atoms with Crippen molar-refractivity contribution in [2.75, 3.05) is 38.8 Å². The summed E-state index contributed by atoms with van der Waals surface area (Å²) in [7, 11) is 3.09. The van der Waals surface area contributed by atoms with Crippen LogP contribution in [-0.2, 0) is 11.3 Å². The van der Waals surface area contributed by atoms with Gasteiger partial charge in [-0.25, -0.2) is 4.79 Å². The Bertz CT molecular complexity index is 837. The highest BCUT2D eigenvalue weighted by Gasteiger charge is 2.31. The second kappa shape index (κ2) is 7.94. The normalized spacial score (nSPS) is 13.8. The van der Waals surface area contributed by atoms with Gasteiger partial charge in [-0.3, -0.25) is 9.69 Å². The zero-order valence-corrected chi connectivity index (χ0v) is 15.4. The first-order valence-corrected chi connectivity index (χ1v) is 8.36. The van der Waals surface area contributed by atoms with Crippen LogP contribution in [0.4, 0.5) is 10.5 Å². The molecule has 2 heterocycles. The van der Waals surface area contributed by atoms with Crippen LogP contribution in [0.3, 0.4) is 0 Å². The number of anilines is 1. The number of urea groups is 1. The predicted molar refractivity (Wildman–Crippen MR) is 94.7 cm³/mol. The SMILES string of the molecule is COc1ccc(N2CCN(CC(=O)NCc3nnc(C)o3)C2=O)cc1OC. The highest BCUT2D eigenvalue weighted by atomic mass is 16.5. The summed E-state index contributed by atoms with van der Waals surface area (Å²) in [6, 6.07) is 5.01. The predicted octanol–water partition coefficient (Wildman–Crippen LogP) is 0.954. The number of rotatable bonds is 7. The van der Waals surface area contributed by atoms with Crippen LogP contribution >= 0.6 is 0 Å². The van der Waals surface area contributed by atoms with Gasteiger partial charge in [0.1, 0.15) is 6.54 Å². The van der Waals surface area contributed by atoms with Gasteiger partial charge in [-0.2, -0.15) is 0 Å². The molecule has 27 heavy (non-hydrogen) atoms. The van der Waals surface area contributed by atoms with Crippen molar-refractivity contribution in [3.8, 4) is 11.5 Å². The van der Waals surface area contributed by atoms with Gasteiger partial charge in [-0.15, -0.1) is 10.2 Å². The van der Waals surface area contributed by atoms with E-state index < -0.39 is 0 Å². The van der Waals surface area contributed by atoms with Crippen LogP contribution in [0.5, 0.6) is 11.5 Å². The van der Waals surface area contributed by atoms with E-state index in [-0.39, 0.29) is 25.0 Å². The van der Waals surface area contributed by atoms with Crippen molar-refractivity contribution in [3.05, 3.63) is 30.0 Å². The van der Waals surface area contributed by atoms with Crippen LogP contribution < -0.4 is 19.7 Å². The van der Waals surface area contributed by atoms with Crippen LogP contribution in [0.25, 0.3) is 0 Å². The molecule has 3 rings (SSSR count). The molecule has 0 saturated carbocycles. The Labute approximate surface area is 156 Å². The lowest BCUT2D eigenvalue weighted by molar-refractivity contribution is -0.121. The van der Waals surface area contributed by atoms with E-state index in [1.165, 1.54) is 12.0 Å². The number of nitrogens with one attached hydrogen (secondary N) is 1. The first-order chi connectivity index (χ1) is 13.0.